The third kappa shape index (κ3) is 7.42. The number of thioether (sulfide) groups is 1. The maximum absolute atomic E-state index is 9.99. The topological polar surface area (TPSA) is 63.3 Å². The van der Waals surface area contributed by atoms with E-state index >= 15 is 0 Å². The van der Waals surface area contributed by atoms with E-state index in [0.717, 1.165) is 6.08 Å². The van der Waals surface area contributed by atoms with Crippen LogP contribution in [0.15, 0.2) is 12.2 Å². The van der Waals surface area contributed by atoms with Gasteiger partial charge in [-0.2, -0.15) is 11.8 Å². The van der Waals surface area contributed by atoms with Gasteiger partial charge < -0.3 is 10.8 Å². The van der Waals surface area contributed by atoms with Crippen LogP contribution in [0.5, 0.6) is 0 Å². The van der Waals surface area contributed by atoms with Crippen molar-refractivity contribution < 1.29 is 9.90 Å². The van der Waals surface area contributed by atoms with E-state index in [1.54, 1.807) is 17.8 Å². The van der Waals surface area contributed by atoms with Gasteiger partial charge in [-0.1, -0.05) is 13.0 Å². The number of hydrogen-bond donors (Lipinski definition) is 2. The third-order valence-electron chi connectivity index (χ3n) is 1.07. The molecule has 0 amide bonds. The molecule has 4 heteroatoms. The molecule has 0 aromatic rings. The first-order chi connectivity index (χ1) is 5.16. The molecule has 0 aromatic carbocycles. The summed E-state index contributed by atoms with van der Waals surface area (Å²) in [6.45, 7) is 2.64. The van der Waals surface area contributed by atoms with E-state index in [-0.39, 0.29) is 0 Å². The molecule has 0 aliphatic heterocycles. The largest absolute Gasteiger partial charge is 0.478 e. The van der Waals surface area contributed by atoms with Crippen LogP contribution >= 0.6 is 11.8 Å². The van der Waals surface area contributed by atoms with Crippen molar-refractivity contribution in [3.8, 4) is 0 Å². The summed E-state index contributed by atoms with van der Waals surface area (Å²) in [6, 6.07) is 0. The summed E-state index contributed by atoms with van der Waals surface area (Å²) in [4.78, 5) is 9.99. The van der Waals surface area contributed by atoms with Gasteiger partial charge >= 0.3 is 5.97 Å². The minimum atomic E-state index is -0.897. The van der Waals surface area contributed by atoms with Gasteiger partial charge in [-0.15, -0.1) is 0 Å². The first-order valence-electron chi connectivity index (χ1n) is 3.38. The zero-order valence-electron chi connectivity index (χ0n) is 6.49. The van der Waals surface area contributed by atoms with Crippen molar-refractivity contribution in [2.75, 3.05) is 12.3 Å². The Morgan fingerprint density at radius 1 is 1.82 bits per heavy atom. The summed E-state index contributed by atoms with van der Waals surface area (Å²) in [5, 5.41) is 8.61. The van der Waals surface area contributed by atoms with Crippen LogP contribution in [0.1, 0.15) is 6.92 Å². The molecule has 11 heavy (non-hydrogen) atoms. The highest BCUT2D eigenvalue weighted by Crippen LogP contribution is 2.07. The number of rotatable bonds is 5. The second-order valence-electron chi connectivity index (χ2n) is 2.12. The van der Waals surface area contributed by atoms with E-state index in [4.69, 9.17) is 10.8 Å². The number of aliphatic carboxylic acids is 1. The van der Waals surface area contributed by atoms with Crippen LogP contribution in [0, 0.1) is 0 Å². The van der Waals surface area contributed by atoms with Gasteiger partial charge in [0.2, 0.25) is 0 Å². The lowest BCUT2D eigenvalue weighted by Crippen LogP contribution is -2.12. The molecule has 0 saturated carbocycles. The maximum atomic E-state index is 9.99. The summed E-state index contributed by atoms with van der Waals surface area (Å²) in [7, 11) is 0. The first kappa shape index (κ1) is 10.5. The molecule has 0 aliphatic carbocycles. The fourth-order valence-electron chi connectivity index (χ4n) is 0.437. The Balaban J connectivity index is 3.33. The molecule has 3 nitrogen and oxygen atoms in total. The van der Waals surface area contributed by atoms with Gasteiger partial charge in [0.15, 0.2) is 0 Å². The minimum absolute atomic E-state index is 0.397. The maximum Gasteiger partial charge on any atom is 0.328 e. The lowest BCUT2D eigenvalue weighted by Gasteiger charge is -2.03. The van der Waals surface area contributed by atoms with Gasteiger partial charge in [0, 0.05) is 23.6 Å². The Bertz CT molecular complexity index is 147. The fraction of sp³-hybridized carbons (Fsp3) is 0.571. The predicted molar refractivity (Wildman–Crippen MR) is 47.8 cm³/mol. The predicted octanol–water partition coefficient (Wildman–Crippen LogP) is 0.708. The summed E-state index contributed by atoms with van der Waals surface area (Å²) in [5.74, 6) is -0.184. The molecule has 1 unspecified atom stereocenters. The Morgan fingerprint density at radius 3 is 2.91 bits per heavy atom. The van der Waals surface area contributed by atoms with Crippen LogP contribution in [0.25, 0.3) is 0 Å². The molecule has 0 bridgehead atoms. The Labute approximate surface area is 70.7 Å². The monoisotopic (exact) mass is 175 g/mol. The van der Waals surface area contributed by atoms with Crippen LogP contribution in [0.3, 0.4) is 0 Å². The van der Waals surface area contributed by atoms with Crippen LogP contribution in [0.4, 0.5) is 0 Å². The SMILES string of the molecule is CC(CN)SCC=CC(=O)O. The van der Waals surface area contributed by atoms with E-state index in [1.807, 2.05) is 6.92 Å². The van der Waals surface area contributed by atoms with Crippen LogP contribution in [-0.2, 0) is 4.79 Å². The minimum Gasteiger partial charge on any atom is -0.478 e. The number of carboxylic acid groups (broad SMARTS) is 1. The van der Waals surface area contributed by atoms with Crippen molar-refractivity contribution in [3.05, 3.63) is 12.2 Å². The van der Waals surface area contributed by atoms with Crippen molar-refractivity contribution in [2.24, 2.45) is 5.73 Å². The second-order valence-corrected chi connectivity index (χ2v) is 3.59. The van der Waals surface area contributed by atoms with Gasteiger partial charge in [-0.05, 0) is 0 Å². The van der Waals surface area contributed by atoms with Crippen molar-refractivity contribution in [1.29, 1.82) is 0 Å². The molecule has 64 valence electrons. The molecule has 3 N–H and O–H groups in total. The van der Waals surface area contributed by atoms with Crippen molar-refractivity contribution in [1.82, 2.24) is 0 Å². The summed E-state index contributed by atoms with van der Waals surface area (Å²) in [6.07, 6.45) is 2.77. The zero-order chi connectivity index (χ0) is 8.69. The average molecular weight is 175 g/mol. The second kappa shape index (κ2) is 6.24. The van der Waals surface area contributed by atoms with E-state index in [0.29, 0.717) is 17.5 Å². The smallest absolute Gasteiger partial charge is 0.328 e. The van der Waals surface area contributed by atoms with Crippen molar-refractivity contribution in [3.63, 3.8) is 0 Å². The normalized spacial score (nSPS) is 13.6. The van der Waals surface area contributed by atoms with E-state index in [1.165, 1.54) is 0 Å². The molecule has 0 heterocycles. The van der Waals surface area contributed by atoms with Gasteiger partial charge in [0.1, 0.15) is 0 Å². The molecule has 0 saturated heterocycles. The lowest BCUT2D eigenvalue weighted by atomic mass is 10.5. The van der Waals surface area contributed by atoms with Gasteiger partial charge in [0.05, 0.1) is 0 Å². The molecule has 0 aromatic heterocycles. The highest BCUT2D eigenvalue weighted by molar-refractivity contribution is 8.00. The Kier molecular flexibility index (Phi) is 5.97. The highest BCUT2D eigenvalue weighted by Gasteiger charge is 1.95. The fourth-order valence-corrected chi connectivity index (χ4v) is 1.11. The standard InChI is InChI=1S/C7H13NO2S/c1-6(5-8)11-4-2-3-7(9)10/h2-3,6H,4-5,8H2,1H3,(H,9,10). The Morgan fingerprint density at radius 2 is 2.45 bits per heavy atom. The van der Waals surface area contributed by atoms with Gasteiger partial charge in [-0.25, -0.2) is 4.79 Å². The molecule has 0 radical (unpaired) electrons. The summed E-state index contributed by atoms with van der Waals surface area (Å²) >= 11 is 1.64. The third-order valence-corrected chi connectivity index (χ3v) is 2.22. The van der Waals surface area contributed by atoms with Crippen molar-refractivity contribution in [2.45, 2.75) is 12.2 Å². The van der Waals surface area contributed by atoms with E-state index in [9.17, 15) is 4.79 Å². The molecule has 1 atom stereocenters. The van der Waals surface area contributed by atoms with Crippen LogP contribution in [0.2, 0.25) is 0 Å². The number of carbonyl (C=O) groups is 1. The van der Waals surface area contributed by atoms with E-state index < -0.39 is 5.97 Å². The highest BCUT2D eigenvalue weighted by atomic mass is 32.2. The Hall–Kier alpha value is -0.480. The summed E-state index contributed by atoms with van der Waals surface area (Å²) < 4.78 is 0. The molecule has 0 fully saturated rings. The van der Waals surface area contributed by atoms with E-state index in [2.05, 4.69) is 0 Å². The van der Waals surface area contributed by atoms with Gasteiger partial charge in [0.25, 0.3) is 0 Å². The van der Waals surface area contributed by atoms with Crippen LogP contribution < -0.4 is 5.73 Å². The number of carboxylic acids is 1. The lowest BCUT2D eigenvalue weighted by molar-refractivity contribution is -0.131. The first-order valence-corrected chi connectivity index (χ1v) is 4.42. The average Bonchev–Trinajstić information content (AvgIpc) is 1.97. The summed E-state index contributed by atoms with van der Waals surface area (Å²) in [5.41, 5.74) is 5.35. The molecular formula is C7H13NO2S. The number of hydrogen-bond acceptors (Lipinski definition) is 3. The molecular weight excluding hydrogens is 162 g/mol. The molecule has 0 spiro atoms. The molecule has 0 aliphatic rings. The molecule has 0 rings (SSSR count). The van der Waals surface area contributed by atoms with Gasteiger partial charge in [-0.3, -0.25) is 0 Å². The van der Waals surface area contributed by atoms with Crippen LogP contribution in [-0.4, -0.2) is 28.6 Å². The number of nitrogens with two attached hydrogens (primary N) is 1. The zero-order valence-corrected chi connectivity index (χ0v) is 7.30. The van der Waals surface area contributed by atoms with Crippen molar-refractivity contribution >= 4 is 17.7 Å². The quantitative estimate of drug-likeness (QED) is 0.604.